The Morgan fingerprint density at radius 3 is 2.58 bits per heavy atom. The Bertz CT molecular complexity index is 1140. The van der Waals surface area contributed by atoms with Gasteiger partial charge >= 0.3 is 6.03 Å². The minimum Gasteiger partial charge on any atom is -0.318 e. The maximum Gasteiger partial charge on any atom is 0.328 e. The topological polar surface area (TPSA) is 112 Å². The first kappa shape index (κ1) is 22.9. The van der Waals surface area contributed by atoms with Crippen LogP contribution in [0.15, 0.2) is 12.3 Å². The number of carbonyl (C=O) groups excluding carboxylic acids is 2. The minimum atomic E-state index is -3.82. The van der Waals surface area contributed by atoms with Gasteiger partial charge in [0.05, 0.1) is 12.0 Å². The van der Waals surface area contributed by atoms with Crippen molar-refractivity contribution in [3.8, 4) is 23.7 Å². The Kier molecular flexibility index (Phi) is 5.94. The molecule has 2 aliphatic rings. The zero-order chi connectivity index (χ0) is 23.0. The van der Waals surface area contributed by atoms with Crippen LogP contribution in [0.4, 0.5) is 4.79 Å². The number of rotatable bonds is 5. The molecule has 2 amide bonds. The molecule has 2 N–H and O–H groups in total. The van der Waals surface area contributed by atoms with Crippen LogP contribution in [-0.2, 0) is 21.2 Å². The summed E-state index contributed by atoms with van der Waals surface area (Å²) in [7, 11) is -1.78. The fraction of sp³-hybridized carbons (Fsp3) is 0.524. The molecule has 0 spiro atoms. The number of hydrogen-bond acceptors (Lipinski definition) is 6. The largest absolute Gasteiger partial charge is 0.328 e. The molecule has 1 aromatic rings. The van der Waals surface area contributed by atoms with Gasteiger partial charge in [-0.15, -0.1) is 0 Å². The Balaban J connectivity index is 1.65. The molecular weight excluding hydrogens is 420 g/mol. The summed E-state index contributed by atoms with van der Waals surface area (Å²) in [5.41, 5.74) is 2.79. The van der Waals surface area contributed by atoms with Gasteiger partial charge in [-0.3, -0.25) is 14.6 Å². The number of hydrogen-bond donors (Lipinski definition) is 2. The summed E-state index contributed by atoms with van der Waals surface area (Å²) in [6.07, 6.45) is 2.40. The van der Waals surface area contributed by atoms with Crippen LogP contribution in [0.1, 0.15) is 31.5 Å². The summed E-state index contributed by atoms with van der Waals surface area (Å²) in [6, 6.07) is 1.47. The number of amides is 2. The number of nitrogens with one attached hydrogen (secondary N) is 1. The first-order chi connectivity index (χ1) is 14.4. The molecule has 0 bridgehead atoms. The van der Waals surface area contributed by atoms with Gasteiger partial charge < -0.3 is 9.80 Å². The van der Waals surface area contributed by atoms with Crippen LogP contribution in [0.5, 0.6) is 0 Å². The molecule has 1 aromatic heterocycles. The smallest absolute Gasteiger partial charge is 0.318 e. The average Bonchev–Trinajstić information content (AvgIpc) is 3.19. The van der Waals surface area contributed by atoms with E-state index < -0.39 is 20.5 Å². The Labute approximate surface area is 182 Å². The highest BCUT2D eigenvalue weighted by Crippen LogP contribution is 2.27. The molecular formula is C21H26N4O5S. The first-order valence-corrected chi connectivity index (χ1v) is 11.6. The van der Waals surface area contributed by atoms with Crippen molar-refractivity contribution in [3.63, 3.8) is 0 Å². The molecule has 3 rings (SSSR count). The van der Waals surface area contributed by atoms with E-state index in [1.54, 1.807) is 12.3 Å². The molecule has 0 aromatic carbocycles. The van der Waals surface area contributed by atoms with Crippen molar-refractivity contribution < 1.29 is 23.2 Å². The molecule has 0 saturated carbocycles. The Morgan fingerprint density at radius 2 is 2.03 bits per heavy atom. The minimum absolute atomic E-state index is 0.0180. The van der Waals surface area contributed by atoms with Crippen molar-refractivity contribution in [1.82, 2.24) is 19.8 Å². The fourth-order valence-electron chi connectivity index (χ4n) is 3.91. The third-order valence-corrected chi connectivity index (χ3v) is 7.89. The van der Waals surface area contributed by atoms with Gasteiger partial charge in [-0.25, -0.2) is 18.7 Å². The maximum absolute atomic E-state index is 12.7. The standard InChI is InChI=1S/C21H26N4O5S/c1-20(14-23(3)15-20)8-6-5-7-16-11-17-13-24(19(27)25(17)12-16)10-9-21(2,18(26)22-28)31(4,29)30/h11-12,28H,9-10,13-15H2,1-4H3,(H,22,26)/t21-/m1/s1. The summed E-state index contributed by atoms with van der Waals surface area (Å²) < 4.78 is 23.8. The third-order valence-electron chi connectivity index (χ3n) is 5.86. The lowest BCUT2D eigenvalue weighted by molar-refractivity contribution is -0.131. The van der Waals surface area contributed by atoms with Gasteiger partial charge in [-0.1, -0.05) is 11.8 Å². The molecule has 0 radical (unpaired) electrons. The molecule has 9 nitrogen and oxygen atoms in total. The lowest BCUT2D eigenvalue weighted by atomic mass is 9.83. The van der Waals surface area contributed by atoms with Crippen LogP contribution in [0.25, 0.3) is 0 Å². The zero-order valence-corrected chi connectivity index (χ0v) is 18.8. The summed E-state index contributed by atoms with van der Waals surface area (Å²) in [5.74, 6) is 10.8. The third kappa shape index (κ3) is 4.47. The van der Waals surface area contributed by atoms with Gasteiger partial charge in [0.15, 0.2) is 14.6 Å². The maximum atomic E-state index is 12.7. The SMILES string of the molecule is CN1CC(C)(C#CC#Cc2cc3n(c2)C(=O)N(CC[C@](C)(C(=O)NO)S(C)(=O)=O)C3)C1. The number of sulfone groups is 1. The second kappa shape index (κ2) is 8.04. The van der Waals surface area contributed by atoms with Gasteiger partial charge in [-0.2, -0.15) is 0 Å². The van der Waals surface area contributed by atoms with Crippen molar-refractivity contribution in [2.24, 2.45) is 5.41 Å². The summed E-state index contributed by atoms with van der Waals surface area (Å²) in [4.78, 5) is 28.2. The van der Waals surface area contributed by atoms with E-state index in [1.807, 2.05) is 7.05 Å². The highest BCUT2D eigenvalue weighted by atomic mass is 32.2. The fourth-order valence-corrected chi connectivity index (χ4v) is 4.75. The average molecular weight is 447 g/mol. The van der Waals surface area contributed by atoms with E-state index >= 15 is 0 Å². The van der Waals surface area contributed by atoms with E-state index in [9.17, 15) is 18.0 Å². The normalized spacial score (nSPS) is 19.3. The number of likely N-dealkylation sites (tertiary alicyclic amines) is 1. The number of nitrogens with zero attached hydrogens (tertiary/aromatic N) is 3. The van der Waals surface area contributed by atoms with E-state index in [0.717, 1.165) is 25.0 Å². The van der Waals surface area contributed by atoms with Crippen LogP contribution >= 0.6 is 0 Å². The summed E-state index contributed by atoms with van der Waals surface area (Å²) in [5, 5.41) is 8.91. The molecule has 3 heterocycles. The number of hydroxylamine groups is 1. The first-order valence-electron chi connectivity index (χ1n) is 9.75. The van der Waals surface area contributed by atoms with Crippen molar-refractivity contribution in [2.45, 2.75) is 31.6 Å². The second-order valence-corrected chi connectivity index (χ2v) is 11.2. The molecule has 0 unspecified atom stereocenters. The quantitative estimate of drug-likeness (QED) is 0.382. The van der Waals surface area contributed by atoms with Gasteiger partial charge in [-0.05, 0) is 45.2 Å². The molecule has 1 fully saturated rings. The van der Waals surface area contributed by atoms with Crippen LogP contribution in [0.2, 0.25) is 0 Å². The molecule has 0 aliphatic carbocycles. The summed E-state index contributed by atoms with van der Waals surface area (Å²) in [6.45, 7) is 5.48. The van der Waals surface area contributed by atoms with Crippen molar-refractivity contribution >= 4 is 21.8 Å². The van der Waals surface area contributed by atoms with Crippen molar-refractivity contribution in [3.05, 3.63) is 23.5 Å². The van der Waals surface area contributed by atoms with Gasteiger partial charge in [0.1, 0.15) is 0 Å². The monoisotopic (exact) mass is 446 g/mol. The zero-order valence-electron chi connectivity index (χ0n) is 18.0. The molecule has 31 heavy (non-hydrogen) atoms. The number of aromatic nitrogens is 1. The number of carbonyl (C=O) groups is 2. The van der Waals surface area contributed by atoms with E-state index in [1.165, 1.54) is 21.9 Å². The Morgan fingerprint density at radius 1 is 1.35 bits per heavy atom. The van der Waals surface area contributed by atoms with Gasteiger partial charge in [0.25, 0.3) is 5.91 Å². The van der Waals surface area contributed by atoms with Gasteiger partial charge in [0, 0.05) is 43.3 Å². The molecule has 166 valence electrons. The van der Waals surface area contributed by atoms with Crippen LogP contribution in [0.3, 0.4) is 0 Å². The van der Waals surface area contributed by atoms with Crippen molar-refractivity contribution in [2.75, 3.05) is 32.9 Å². The van der Waals surface area contributed by atoms with Crippen LogP contribution in [0, 0.1) is 29.1 Å². The highest BCUT2D eigenvalue weighted by molar-refractivity contribution is 7.92. The predicted octanol–water partition coefficient (Wildman–Crippen LogP) is 0.277. The predicted molar refractivity (Wildman–Crippen MR) is 114 cm³/mol. The Hall–Kier alpha value is -2.79. The summed E-state index contributed by atoms with van der Waals surface area (Å²) >= 11 is 0. The lowest BCUT2D eigenvalue weighted by Crippen LogP contribution is -2.51. The van der Waals surface area contributed by atoms with Gasteiger partial charge in [0.2, 0.25) is 0 Å². The van der Waals surface area contributed by atoms with Crippen molar-refractivity contribution in [1.29, 1.82) is 0 Å². The lowest BCUT2D eigenvalue weighted by Gasteiger charge is -2.42. The molecule has 1 atom stereocenters. The van der Waals surface area contributed by atoms with Crippen LogP contribution < -0.4 is 5.48 Å². The van der Waals surface area contributed by atoms with E-state index in [-0.39, 0.29) is 31.0 Å². The van der Waals surface area contributed by atoms with E-state index in [0.29, 0.717) is 5.56 Å². The molecule has 10 heteroatoms. The van der Waals surface area contributed by atoms with E-state index in [2.05, 4.69) is 35.5 Å². The van der Waals surface area contributed by atoms with E-state index in [4.69, 9.17) is 5.21 Å². The highest BCUT2D eigenvalue weighted by Gasteiger charge is 2.44. The second-order valence-electron chi connectivity index (χ2n) is 8.72. The molecule has 2 aliphatic heterocycles. The number of fused-ring (bicyclic) bond motifs is 1. The molecule has 1 saturated heterocycles. The van der Waals surface area contributed by atoms with Crippen LogP contribution in [-0.4, -0.2) is 77.6 Å².